The number of aryl methyl sites for hydroxylation is 2. The molecule has 0 bridgehead atoms. The minimum absolute atomic E-state index is 0.0921. The molecule has 3 rings (SSSR count). The summed E-state index contributed by atoms with van der Waals surface area (Å²) in [5.74, 6) is -0.00238. The Labute approximate surface area is 175 Å². The zero-order chi connectivity index (χ0) is 20.8. The number of hydrogen-bond donors (Lipinski definition) is 0. The number of ether oxygens (including phenoxy) is 1. The molecule has 0 aliphatic heterocycles. The maximum absolute atomic E-state index is 14.0. The van der Waals surface area contributed by atoms with E-state index in [1.165, 1.54) is 34.6 Å². The average molecular weight is 413 g/mol. The third-order valence-electron chi connectivity index (χ3n) is 4.68. The fourth-order valence-electron chi connectivity index (χ4n) is 2.96. The number of rotatable bonds is 8. The van der Waals surface area contributed by atoms with Crippen molar-refractivity contribution in [2.45, 2.75) is 40.3 Å². The van der Waals surface area contributed by atoms with Crippen LogP contribution in [0.5, 0.6) is 5.75 Å². The van der Waals surface area contributed by atoms with Gasteiger partial charge in [0.05, 0.1) is 17.8 Å². The summed E-state index contributed by atoms with van der Waals surface area (Å²) in [7, 11) is 0. The van der Waals surface area contributed by atoms with E-state index in [1.807, 2.05) is 30.5 Å². The van der Waals surface area contributed by atoms with Gasteiger partial charge in [0, 0.05) is 11.9 Å². The number of nitrogens with zero attached hydrogens (tertiary/aromatic N) is 2. The Kier molecular flexibility index (Phi) is 6.99. The molecule has 1 heterocycles. The Morgan fingerprint density at radius 1 is 1.17 bits per heavy atom. The number of halogens is 1. The van der Waals surface area contributed by atoms with Gasteiger partial charge in [-0.1, -0.05) is 25.1 Å². The molecule has 0 aliphatic rings. The number of hydrogen-bond acceptors (Lipinski definition) is 4. The van der Waals surface area contributed by atoms with E-state index >= 15 is 0 Å². The van der Waals surface area contributed by atoms with E-state index in [4.69, 9.17) is 4.74 Å². The lowest BCUT2D eigenvalue weighted by Crippen LogP contribution is -2.32. The van der Waals surface area contributed by atoms with Gasteiger partial charge in [0.15, 0.2) is 0 Å². The van der Waals surface area contributed by atoms with Crippen LogP contribution >= 0.6 is 11.3 Å². The first-order valence-corrected chi connectivity index (χ1v) is 10.5. The van der Waals surface area contributed by atoms with Crippen LogP contribution in [0.25, 0.3) is 0 Å². The van der Waals surface area contributed by atoms with Gasteiger partial charge in [0.25, 0.3) is 5.91 Å². The highest BCUT2D eigenvalue weighted by molar-refractivity contribution is 7.09. The fraction of sp³-hybridized carbons (Fsp3) is 0.304. The molecule has 0 saturated carbocycles. The van der Waals surface area contributed by atoms with Crippen LogP contribution in [-0.4, -0.2) is 22.3 Å². The number of carbonyl (C=O) groups excluding carboxylic acids is 1. The molecule has 2 aromatic carbocycles. The predicted octanol–water partition coefficient (Wildman–Crippen LogP) is 5.53. The molecule has 6 heteroatoms. The Hall–Kier alpha value is -2.73. The summed E-state index contributed by atoms with van der Waals surface area (Å²) in [4.78, 5) is 19.0. The first kappa shape index (κ1) is 21.0. The quantitative estimate of drug-likeness (QED) is 0.488. The van der Waals surface area contributed by atoms with Crippen molar-refractivity contribution in [2.75, 3.05) is 6.54 Å². The third-order valence-corrected chi connectivity index (χ3v) is 5.55. The van der Waals surface area contributed by atoms with E-state index in [1.54, 1.807) is 17.0 Å². The van der Waals surface area contributed by atoms with Gasteiger partial charge in [-0.2, -0.15) is 0 Å². The highest BCUT2D eigenvalue weighted by Crippen LogP contribution is 2.20. The van der Waals surface area contributed by atoms with Crippen molar-refractivity contribution in [1.29, 1.82) is 0 Å². The normalized spacial score (nSPS) is 10.8. The zero-order valence-corrected chi connectivity index (χ0v) is 17.8. The van der Waals surface area contributed by atoms with Crippen LogP contribution in [0, 0.1) is 19.7 Å². The Morgan fingerprint density at radius 3 is 2.69 bits per heavy atom. The lowest BCUT2D eigenvalue weighted by Gasteiger charge is -2.21. The van der Waals surface area contributed by atoms with Crippen LogP contribution in [0.1, 0.15) is 45.5 Å². The van der Waals surface area contributed by atoms with E-state index in [0.717, 1.165) is 22.9 Å². The first-order valence-electron chi connectivity index (χ1n) is 9.65. The van der Waals surface area contributed by atoms with Crippen LogP contribution in [0.2, 0.25) is 0 Å². The molecule has 0 aliphatic carbocycles. The molecule has 4 nitrogen and oxygen atoms in total. The Balaban J connectivity index is 1.65. The largest absolute Gasteiger partial charge is 0.486 e. The first-order chi connectivity index (χ1) is 14.0. The molecule has 0 fully saturated rings. The second kappa shape index (κ2) is 9.65. The monoisotopic (exact) mass is 412 g/mol. The standard InChI is InChI=1S/C23H25FN2O2S/c1-4-11-26(23(27)20-7-5-6-8-21(20)24)13-18-15-29-22(25-18)14-28-19-10-9-16(2)17(3)12-19/h5-10,12,15H,4,11,13-14H2,1-3H3. The summed E-state index contributed by atoms with van der Waals surface area (Å²) in [6, 6.07) is 12.1. The molecular weight excluding hydrogens is 387 g/mol. The fourth-order valence-corrected chi connectivity index (χ4v) is 3.66. The highest BCUT2D eigenvalue weighted by Gasteiger charge is 2.19. The second-order valence-corrected chi connectivity index (χ2v) is 7.92. The van der Waals surface area contributed by atoms with Gasteiger partial charge < -0.3 is 9.64 Å². The summed E-state index contributed by atoms with van der Waals surface area (Å²) in [6.45, 7) is 7.38. The molecule has 0 N–H and O–H groups in total. The van der Waals surface area contributed by atoms with E-state index in [0.29, 0.717) is 19.7 Å². The van der Waals surface area contributed by atoms with Gasteiger partial charge >= 0.3 is 0 Å². The van der Waals surface area contributed by atoms with E-state index in [-0.39, 0.29) is 11.5 Å². The lowest BCUT2D eigenvalue weighted by molar-refractivity contribution is 0.0736. The molecule has 3 aromatic rings. The highest BCUT2D eigenvalue weighted by atomic mass is 32.1. The van der Waals surface area contributed by atoms with Crippen molar-refractivity contribution in [3.8, 4) is 5.75 Å². The van der Waals surface area contributed by atoms with Crippen molar-refractivity contribution in [2.24, 2.45) is 0 Å². The number of carbonyl (C=O) groups is 1. The van der Waals surface area contributed by atoms with Crippen molar-refractivity contribution in [1.82, 2.24) is 9.88 Å². The van der Waals surface area contributed by atoms with Crippen molar-refractivity contribution < 1.29 is 13.9 Å². The molecule has 0 unspecified atom stereocenters. The number of thiazole rings is 1. The maximum atomic E-state index is 14.0. The zero-order valence-electron chi connectivity index (χ0n) is 16.9. The number of benzene rings is 2. The smallest absolute Gasteiger partial charge is 0.257 e. The Bertz CT molecular complexity index is 987. The minimum atomic E-state index is -0.501. The predicted molar refractivity (Wildman–Crippen MR) is 114 cm³/mol. The van der Waals surface area contributed by atoms with Gasteiger partial charge in [-0.25, -0.2) is 9.37 Å². The van der Waals surface area contributed by atoms with Gasteiger partial charge in [-0.15, -0.1) is 11.3 Å². The van der Waals surface area contributed by atoms with E-state index in [2.05, 4.69) is 18.8 Å². The summed E-state index contributed by atoms with van der Waals surface area (Å²) in [5, 5.41) is 2.77. The molecule has 0 atom stereocenters. The summed E-state index contributed by atoms with van der Waals surface area (Å²) < 4.78 is 19.9. The molecule has 29 heavy (non-hydrogen) atoms. The molecule has 1 amide bonds. The SMILES string of the molecule is CCCN(Cc1csc(COc2ccc(C)c(C)c2)n1)C(=O)c1ccccc1F. The van der Waals surface area contributed by atoms with Crippen LogP contribution in [-0.2, 0) is 13.2 Å². The average Bonchev–Trinajstić information content (AvgIpc) is 3.16. The van der Waals surface area contributed by atoms with Gasteiger partial charge in [-0.3, -0.25) is 4.79 Å². The van der Waals surface area contributed by atoms with Crippen molar-refractivity contribution in [3.05, 3.63) is 81.1 Å². The number of aromatic nitrogens is 1. The van der Waals surface area contributed by atoms with E-state index in [9.17, 15) is 9.18 Å². The van der Waals surface area contributed by atoms with Gasteiger partial charge in [-0.05, 0) is 55.7 Å². The van der Waals surface area contributed by atoms with Crippen molar-refractivity contribution >= 4 is 17.2 Å². The van der Waals surface area contributed by atoms with Crippen LogP contribution in [0.3, 0.4) is 0 Å². The van der Waals surface area contributed by atoms with Crippen LogP contribution in [0.4, 0.5) is 4.39 Å². The van der Waals surface area contributed by atoms with Gasteiger partial charge in [0.2, 0.25) is 0 Å². The van der Waals surface area contributed by atoms with E-state index < -0.39 is 5.82 Å². The summed E-state index contributed by atoms with van der Waals surface area (Å²) in [5.41, 5.74) is 3.29. The van der Waals surface area contributed by atoms with Crippen LogP contribution < -0.4 is 4.74 Å². The molecule has 152 valence electrons. The number of amides is 1. The lowest BCUT2D eigenvalue weighted by atomic mass is 10.1. The topological polar surface area (TPSA) is 42.4 Å². The van der Waals surface area contributed by atoms with Gasteiger partial charge in [0.1, 0.15) is 23.2 Å². The molecular formula is C23H25FN2O2S. The third kappa shape index (κ3) is 5.41. The Morgan fingerprint density at radius 2 is 1.97 bits per heavy atom. The molecule has 1 aromatic heterocycles. The summed E-state index contributed by atoms with van der Waals surface area (Å²) >= 11 is 1.50. The van der Waals surface area contributed by atoms with Crippen molar-refractivity contribution in [3.63, 3.8) is 0 Å². The molecule has 0 radical (unpaired) electrons. The molecule has 0 spiro atoms. The second-order valence-electron chi connectivity index (χ2n) is 6.97. The summed E-state index contributed by atoms with van der Waals surface area (Å²) in [6.07, 6.45) is 0.785. The minimum Gasteiger partial charge on any atom is -0.486 e. The maximum Gasteiger partial charge on any atom is 0.257 e. The molecule has 0 saturated heterocycles. The van der Waals surface area contributed by atoms with Crippen LogP contribution in [0.15, 0.2) is 47.8 Å².